The van der Waals surface area contributed by atoms with Gasteiger partial charge in [-0.3, -0.25) is 9.59 Å². The molecule has 1 aromatic carbocycles. The third-order valence-corrected chi connectivity index (χ3v) is 5.28. The Morgan fingerprint density at radius 1 is 1.25 bits per heavy atom. The summed E-state index contributed by atoms with van der Waals surface area (Å²) < 4.78 is 1.02. The molecule has 6 nitrogen and oxygen atoms in total. The molecule has 1 aromatic heterocycles. The highest BCUT2D eigenvalue weighted by atomic mass is 32.2. The Hall–Kier alpha value is -2.02. The van der Waals surface area contributed by atoms with E-state index in [1.165, 1.54) is 37.4 Å². The number of amides is 1. The van der Waals surface area contributed by atoms with Crippen LogP contribution < -0.4 is 16.7 Å². The third kappa shape index (κ3) is 3.90. The first-order valence-electron chi connectivity index (χ1n) is 8.34. The fourth-order valence-corrected chi connectivity index (χ4v) is 3.78. The quantitative estimate of drug-likeness (QED) is 0.383. The lowest BCUT2D eigenvalue weighted by molar-refractivity contribution is -0.119. The number of aromatic nitrogens is 2. The molecule has 7 heteroatoms. The van der Waals surface area contributed by atoms with Crippen molar-refractivity contribution in [2.75, 3.05) is 11.6 Å². The topological polar surface area (TPSA) is 90.0 Å². The van der Waals surface area contributed by atoms with Gasteiger partial charge in [0.2, 0.25) is 5.91 Å². The molecule has 1 amide bonds. The van der Waals surface area contributed by atoms with Crippen LogP contribution in [0.3, 0.4) is 0 Å². The lowest BCUT2D eigenvalue weighted by Crippen LogP contribution is -2.36. The first kappa shape index (κ1) is 16.8. The smallest absolute Gasteiger partial charge is 0.280 e. The maximum Gasteiger partial charge on any atom is 0.280 e. The van der Waals surface area contributed by atoms with E-state index in [-0.39, 0.29) is 23.3 Å². The number of carbonyl (C=O) groups is 1. The average molecular weight is 346 g/mol. The summed E-state index contributed by atoms with van der Waals surface area (Å²) in [6.07, 6.45) is 6.95. The van der Waals surface area contributed by atoms with E-state index in [0.717, 1.165) is 17.5 Å². The number of carbonyl (C=O) groups excluding carboxylic acids is 1. The predicted molar refractivity (Wildman–Crippen MR) is 96.5 cm³/mol. The van der Waals surface area contributed by atoms with Crippen molar-refractivity contribution in [2.45, 2.75) is 49.7 Å². The van der Waals surface area contributed by atoms with Gasteiger partial charge in [0, 0.05) is 6.04 Å². The monoisotopic (exact) mass is 346 g/mol. The zero-order valence-corrected chi connectivity index (χ0v) is 14.3. The summed E-state index contributed by atoms with van der Waals surface area (Å²) in [4.78, 5) is 28.8. The molecule has 1 heterocycles. The molecule has 1 fully saturated rings. The maximum absolute atomic E-state index is 12.2. The predicted octanol–water partition coefficient (Wildman–Crippen LogP) is 2.04. The Kier molecular flexibility index (Phi) is 5.40. The molecule has 0 unspecified atom stereocenters. The number of thioether (sulfide) groups is 1. The first-order valence-corrected chi connectivity index (χ1v) is 9.33. The van der Waals surface area contributed by atoms with Gasteiger partial charge in [0.05, 0.1) is 16.7 Å². The number of hydrogen-bond donors (Lipinski definition) is 2. The molecule has 1 aliphatic carbocycles. The van der Waals surface area contributed by atoms with Crippen LogP contribution in [-0.2, 0) is 4.79 Å². The Morgan fingerprint density at radius 3 is 2.71 bits per heavy atom. The molecule has 2 aromatic rings. The first-order chi connectivity index (χ1) is 11.6. The lowest BCUT2D eigenvalue weighted by Gasteiger charge is -2.16. The molecule has 3 rings (SSSR count). The minimum atomic E-state index is -0.299. The summed E-state index contributed by atoms with van der Waals surface area (Å²) in [6.45, 7) is 0. The van der Waals surface area contributed by atoms with Crippen LogP contribution in [0.5, 0.6) is 0 Å². The van der Waals surface area contributed by atoms with Gasteiger partial charge < -0.3 is 11.2 Å². The summed E-state index contributed by atoms with van der Waals surface area (Å²) in [5.41, 5.74) is 0.295. The number of nitrogens with one attached hydrogen (secondary N) is 1. The molecule has 24 heavy (non-hydrogen) atoms. The SMILES string of the molecule is Nn1c(SCC(=O)NC2CCCCCC2)nc2ccccc2c1=O. The van der Waals surface area contributed by atoms with Gasteiger partial charge in [-0.1, -0.05) is 49.6 Å². The summed E-state index contributed by atoms with van der Waals surface area (Å²) in [5, 5.41) is 3.92. The molecule has 0 atom stereocenters. The number of nitrogens with zero attached hydrogens (tertiary/aromatic N) is 2. The Bertz CT molecular complexity index is 782. The van der Waals surface area contributed by atoms with Crippen LogP contribution in [0.2, 0.25) is 0 Å². The second-order valence-electron chi connectivity index (χ2n) is 6.13. The van der Waals surface area contributed by atoms with E-state index in [9.17, 15) is 9.59 Å². The van der Waals surface area contributed by atoms with E-state index in [1.54, 1.807) is 18.2 Å². The fraction of sp³-hybridized carbons (Fsp3) is 0.471. The number of fused-ring (bicyclic) bond motifs is 1. The third-order valence-electron chi connectivity index (χ3n) is 4.33. The van der Waals surface area contributed by atoms with Gasteiger partial charge in [-0.15, -0.1) is 0 Å². The maximum atomic E-state index is 12.2. The van der Waals surface area contributed by atoms with Gasteiger partial charge in [-0.2, -0.15) is 0 Å². The second kappa shape index (κ2) is 7.70. The van der Waals surface area contributed by atoms with Gasteiger partial charge in [0.25, 0.3) is 5.56 Å². The molecular formula is C17H22N4O2S. The molecule has 1 saturated carbocycles. The number of rotatable bonds is 4. The number of benzene rings is 1. The van der Waals surface area contributed by atoms with Crippen LogP contribution in [0.1, 0.15) is 38.5 Å². The number of nitrogens with two attached hydrogens (primary N) is 1. The highest BCUT2D eigenvalue weighted by Crippen LogP contribution is 2.19. The van der Waals surface area contributed by atoms with E-state index in [0.29, 0.717) is 16.1 Å². The molecule has 0 aliphatic heterocycles. The highest BCUT2D eigenvalue weighted by Gasteiger charge is 2.16. The van der Waals surface area contributed by atoms with Crippen molar-refractivity contribution in [3.8, 4) is 0 Å². The van der Waals surface area contributed by atoms with Gasteiger partial charge >= 0.3 is 0 Å². The van der Waals surface area contributed by atoms with Crippen LogP contribution in [0.15, 0.2) is 34.2 Å². The van der Waals surface area contributed by atoms with Gasteiger partial charge in [0.1, 0.15) is 0 Å². The van der Waals surface area contributed by atoms with Crippen molar-refractivity contribution in [3.05, 3.63) is 34.6 Å². The Balaban J connectivity index is 1.65. The van der Waals surface area contributed by atoms with Crippen LogP contribution in [-0.4, -0.2) is 27.4 Å². The number of nitrogen functional groups attached to an aromatic ring is 1. The van der Waals surface area contributed by atoms with Crippen molar-refractivity contribution in [1.82, 2.24) is 15.0 Å². The molecule has 128 valence electrons. The largest absolute Gasteiger partial charge is 0.353 e. The minimum absolute atomic E-state index is 0.0330. The van der Waals surface area contributed by atoms with Crippen molar-refractivity contribution < 1.29 is 4.79 Å². The molecular weight excluding hydrogens is 324 g/mol. The standard InChI is InChI=1S/C17H22N4O2S/c18-21-16(23)13-9-5-6-10-14(13)20-17(21)24-11-15(22)19-12-7-3-1-2-4-8-12/h5-6,9-10,12H,1-4,7-8,11,18H2,(H,19,22). The summed E-state index contributed by atoms with van der Waals surface area (Å²) >= 11 is 1.19. The van der Waals surface area contributed by atoms with Crippen LogP contribution >= 0.6 is 11.8 Å². The van der Waals surface area contributed by atoms with E-state index < -0.39 is 0 Å². The van der Waals surface area contributed by atoms with Crippen molar-refractivity contribution >= 4 is 28.6 Å². The van der Waals surface area contributed by atoms with E-state index in [4.69, 9.17) is 5.84 Å². The van der Waals surface area contributed by atoms with Gasteiger partial charge in [0.15, 0.2) is 5.16 Å². The van der Waals surface area contributed by atoms with Crippen molar-refractivity contribution in [2.24, 2.45) is 0 Å². The fourth-order valence-electron chi connectivity index (χ4n) is 3.05. The highest BCUT2D eigenvalue weighted by molar-refractivity contribution is 7.99. The van der Waals surface area contributed by atoms with Crippen LogP contribution in [0.4, 0.5) is 0 Å². The lowest BCUT2D eigenvalue weighted by atomic mass is 10.1. The zero-order chi connectivity index (χ0) is 16.9. The van der Waals surface area contributed by atoms with E-state index in [1.807, 2.05) is 6.07 Å². The van der Waals surface area contributed by atoms with Gasteiger partial charge in [-0.05, 0) is 25.0 Å². The van der Waals surface area contributed by atoms with Gasteiger partial charge in [-0.25, -0.2) is 9.66 Å². The Morgan fingerprint density at radius 2 is 1.96 bits per heavy atom. The minimum Gasteiger partial charge on any atom is -0.353 e. The molecule has 0 bridgehead atoms. The van der Waals surface area contributed by atoms with Crippen LogP contribution in [0, 0.1) is 0 Å². The summed E-state index contributed by atoms with van der Waals surface area (Å²) in [5.74, 6) is 6.00. The normalized spacial score (nSPS) is 16.0. The van der Waals surface area contributed by atoms with Crippen molar-refractivity contribution in [3.63, 3.8) is 0 Å². The molecule has 0 radical (unpaired) electrons. The second-order valence-corrected chi connectivity index (χ2v) is 7.07. The average Bonchev–Trinajstić information content (AvgIpc) is 2.85. The molecule has 3 N–H and O–H groups in total. The number of para-hydroxylation sites is 1. The number of hydrogen-bond acceptors (Lipinski definition) is 5. The molecule has 1 aliphatic rings. The van der Waals surface area contributed by atoms with Crippen LogP contribution in [0.25, 0.3) is 10.9 Å². The van der Waals surface area contributed by atoms with E-state index in [2.05, 4.69) is 10.3 Å². The zero-order valence-electron chi connectivity index (χ0n) is 13.5. The summed E-state index contributed by atoms with van der Waals surface area (Å²) in [6, 6.07) is 7.33. The summed E-state index contributed by atoms with van der Waals surface area (Å²) in [7, 11) is 0. The van der Waals surface area contributed by atoms with E-state index >= 15 is 0 Å². The van der Waals surface area contributed by atoms with Crippen molar-refractivity contribution in [1.29, 1.82) is 0 Å². The molecule has 0 saturated heterocycles. The molecule has 0 spiro atoms. The Labute approximate surface area is 144 Å².